The minimum absolute atomic E-state index is 0.0637. The van der Waals surface area contributed by atoms with E-state index in [4.69, 9.17) is 21.1 Å². The van der Waals surface area contributed by atoms with Gasteiger partial charge in [0, 0.05) is 11.6 Å². The quantitative estimate of drug-likeness (QED) is 0.650. The van der Waals surface area contributed by atoms with Gasteiger partial charge < -0.3 is 19.8 Å². The number of nitrogens with one attached hydrogen (secondary N) is 2. The molecule has 0 spiro atoms. The molecule has 0 saturated heterocycles. The molecular weight excluding hydrogens is 374 g/mol. The van der Waals surface area contributed by atoms with Crippen molar-refractivity contribution in [1.29, 1.82) is 0 Å². The predicted molar refractivity (Wildman–Crippen MR) is 101 cm³/mol. The van der Waals surface area contributed by atoms with Gasteiger partial charge in [-0.25, -0.2) is 4.98 Å². The van der Waals surface area contributed by atoms with Gasteiger partial charge in [0.1, 0.15) is 0 Å². The van der Waals surface area contributed by atoms with Crippen LogP contribution >= 0.6 is 23.4 Å². The molecule has 26 heavy (non-hydrogen) atoms. The number of carbonyl (C=O) groups is 1. The van der Waals surface area contributed by atoms with Gasteiger partial charge in [0.2, 0.25) is 12.7 Å². The summed E-state index contributed by atoms with van der Waals surface area (Å²) < 4.78 is 10.6. The summed E-state index contributed by atoms with van der Waals surface area (Å²) in [5.41, 5.74) is 2.64. The van der Waals surface area contributed by atoms with Crippen molar-refractivity contribution in [1.82, 2.24) is 15.3 Å². The third kappa shape index (κ3) is 3.59. The van der Waals surface area contributed by atoms with E-state index in [0.29, 0.717) is 22.5 Å². The number of aromatic amines is 1. The number of H-pyrrole nitrogens is 1. The minimum Gasteiger partial charge on any atom is -0.454 e. The van der Waals surface area contributed by atoms with Gasteiger partial charge in [-0.2, -0.15) is 0 Å². The van der Waals surface area contributed by atoms with Crippen LogP contribution in [0.3, 0.4) is 0 Å². The van der Waals surface area contributed by atoms with E-state index in [0.717, 1.165) is 22.3 Å². The van der Waals surface area contributed by atoms with E-state index >= 15 is 0 Å². The Kier molecular flexibility index (Phi) is 4.65. The molecule has 2 N–H and O–H groups in total. The number of aromatic nitrogens is 2. The molecular formula is C18H16ClN3O3S. The van der Waals surface area contributed by atoms with Gasteiger partial charge in [0.25, 0.3) is 0 Å². The fraction of sp³-hybridized carbons (Fsp3) is 0.222. The number of amides is 1. The molecule has 4 rings (SSSR count). The lowest BCUT2D eigenvalue weighted by atomic mass is 10.2. The summed E-state index contributed by atoms with van der Waals surface area (Å²) in [6.07, 6.45) is 0. The number of hydrogen-bond donors (Lipinski definition) is 2. The highest BCUT2D eigenvalue weighted by Gasteiger charge is 2.18. The Labute approximate surface area is 159 Å². The van der Waals surface area contributed by atoms with Crippen LogP contribution in [0.15, 0.2) is 41.6 Å². The average Bonchev–Trinajstić information content (AvgIpc) is 3.24. The number of hydrogen-bond acceptors (Lipinski definition) is 5. The molecule has 0 aliphatic carbocycles. The van der Waals surface area contributed by atoms with E-state index in [9.17, 15) is 4.79 Å². The highest BCUT2D eigenvalue weighted by atomic mass is 35.5. The third-order valence-electron chi connectivity index (χ3n) is 3.98. The molecule has 134 valence electrons. The van der Waals surface area contributed by atoms with Crippen LogP contribution in [0.4, 0.5) is 0 Å². The predicted octanol–water partition coefficient (Wildman–Crippen LogP) is 3.74. The number of carbonyl (C=O) groups excluding carboxylic acids is 1. The Bertz CT molecular complexity index is 975. The van der Waals surface area contributed by atoms with Gasteiger partial charge >= 0.3 is 0 Å². The first-order valence-corrected chi connectivity index (χ1v) is 9.32. The number of thioether (sulfide) groups is 1. The summed E-state index contributed by atoms with van der Waals surface area (Å²) >= 11 is 7.36. The number of imidazole rings is 1. The highest BCUT2D eigenvalue weighted by Crippen LogP contribution is 2.32. The van der Waals surface area contributed by atoms with Crippen molar-refractivity contribution in [2.24, 2.45) is 0 Å². The minimum atomic E-state index is -0.292. The van der Waals surface area contributed by atoms with Gasteiger partial charge in [-0.1, -0.05) is 29.4 Å². The summed E-state index contributed by atoms with van der Waals surface area (Å²) in [5, 5.41) is 3.98. The fourth-order valence-electron chi connectivity index (χ4n) is 2.62. The topological polar surface area (TPSA) is 76.2 Å². The summed E-state index contributed by atoms with van der Waals surface area (Å²) in [5.74, 6) is 1.38. The van der Waals surface area contributed by atoms with E-state index in [-0.39, 0.29) is 18.0 Å². The molecule has 0 fully saturated rings. The second-order valence-electron chi connectivity index (χ2n) is 5.87. The summed E-state index contributed by atoms with van der Waals surface area (Å²) in [4.78, 5) is 20.0. The van der Waals surface area contributed by atoms with E-state index in [2.05, 4.69) is 15.3 Å². The first-order valence-electron chi connectivity index (χ1n) is 8.06. The molecule has 0 radical (unpaired) electrons. The molecule has 1 unspecified atom stereocenters. The first kappa shape index (κ1) is 17.1. The maximum atomic E-state index is 12.4. The molecule has 2 heterocycles. The van der Waals surface area contributed by atoms with Crippen molar-refractivity contribution in [3.63, 3.8) is 0 Å². The number of fused-ring (bicyclic) bond motifs is 2. The van der Waals surface area contributed by atoms with Crippen molar-refractivity contribution >= 4 is 40.3 Å². The fourth-order valence-corrected chi connectivity index (χ4v) is 3.64. The number of halogens is 1. The lowest BCUT2D eigenvalue weighted by molar-refractivity contribution is -0.120. The van der Waals surface area contributed by atoms with E-state index in [1.807, 2.05) is 37.3 Å². The summed E-state index contributed by atoms with van der Waals surface area (Å²) in [6, 6.07) is 11.1. The monoisotopic (exact) mass is 389 g/mol. The van der Waals surface area contributed by atoms with Crippen LogP contribution in [0, 0.1) is 0 Å². The molecule has 2 aromatic carbocycles. The van der Waals surface area contributed by atoms with Crippen LogP contribution in [0.25, 0.3) is 11.0 Å². The number of ether oxygens (including phenoxy) is 2. The zero-order chi connectivity index (χ0) is 18.1. The highest BCUT2D eigenvalue weighted by molar-refractivity contribution is 8.00. The molecule has 8 heteroatoms. The molecule has 0 saturated carbocycles. The lowest BCUT2D eigenvalue weighted by Crippen LogP contribution is -2.30. The Hall–Kier alpha value is -2.38. The Balaban J connectivity index is 1.36. The Morgan fingerprint density at radius 1 is 1.31 bits per heavy atom. The molecule has 3 aromatic rings. The standard InChI is InChI=1S/C18H16ClN3O3S/c1-10(26-18-21-13-4-3-12(19)7-14(13)22-18)17(23)20-8-11-2-5-15-16(6-11)25-9-24-15/h2-7,10H,8-9H2,1H3,(H,20,23)(H,21,22). The van der Waals surface area contributed by atoms with Crippen LogP contribution in [0.2, 0.25) is 5.02 Å². The summed E-state index contributed by atoms with van der Waals surface area (Å²) in [6.45, 7) is 2.51. The lowest BCUT2D eigenvalue weighted by Gasteiger charge is -2.11. The SMILES string of the molecule is CC(Sc1nc2ccc(Cl)cc2[nH]1)C(=O)NCc1ccc2c(c1)OCO2. The van der Waals surface area contributed by atoms with Crippen molar-refractivity contribution in [2.75, 3.05) is 6.79 Å². The van der Waals surface area contributed by atoms with Crippen molar-refractivity contribution < 1.29 is 14.3 Å². The molecule has 0 bridgehead atoms. The largest absolute Gasteiger partial charge is 0.454 e. The van der Waals surface area contributed by atoms with Gasteiger partial charge in [-0.15, -0.1) is 0 Å². The molecule has 6 nitrogen and oxygen atoms in total. The second-order valence-corrected chi connectivity index (χ2v) is 7.63. The van der Waals surface area contributed by atoms with Crippen molar-refractivity contribution in [3.05, 3.63) is 47.0 Å². The maximum absolute atomic E-state index is 12.4. The van der Waals surface area contributed by atoms with Crippen LogP contribution < -0.4 is 14.8 Å². The van der Waals surface area contributed by atoms with Gasteiger partial charge in [-0.05, 0) is 42.8 Å². The smallest absolute Gasteiger partial charge is 0.233 e. The average molecular weight is 390 g/mol. The number of nitrogens with zero attached hydrogens (tertiary/aromatic N) is 1. The van der Waals surface area contributed by atoms with Crippen molar-refractivity contribution in [2.45, 2.75) is 23.9 Å². The summed E-state index contributed by atoms with van der Waals surface area (Å²) in [7, 11) is 0. The number of rotatable bonds is 5. The molecule has 1 aliphatic heterocycles. The first-order chi connectivity index (χ1) is 12.6. The zero-order valence-corrected chi connectivity index (χ0v) is 15.5. The van der Waals surface area contributed by atoms with Crippen LogP contribution in [0.1, 0.15) is 12.5 Å². The van der Waals surface area contributed by atoms with Crippen LogP contribution in [-0.2, 0) is 11.3 Å². The molecule has 1 amide bonds. The normalized spacial score (nSPS) is 13.8. The Morgan fingerprint density at radius 2 is 2.15 bits per heavy atom. The van der Waals surface area contributed by atoms with E-state index in [1.54, 1.807) is 6.07 Å². The van der Waals surface area contributed by atoms with E-state index < -0.39 is 0 Å². The molecule has 1 aliphatic rings. The van der Waals surface area contributed by atoms with Gasteiger partial charge in [-0.3, -0.25) is 4.79 Å². The van der Waals surface area contributed by atoms with Gasteiger partial charge in [0.15, 0.2) is 16.7 Å². The second kappa shape index (κ2) is 7.09. The third-order valence-corrected chi connectivity index (χ3v) is 5.20. The van der Waals surface area contributed by atoms with E-state index in [1.165, 1.54) is 11.8 Å². The van der Waals surface area contributed by atoms with Gasteiger partial charge in [0.05, 0.1) is 16.3 Å². The molecule has 1 atom stereocenters. The van der Waals surface area contributed by atoms with Crippen LogP contribution in [0.5, 0.6) is 11.5 Å². The number of benzene rings is 2. The van der Waals surface area contributed by atoms with Crippen molar-refractivity contribution in [3.8, 4) is 11.5 Å². The molecule has 1 aromatic heterocycles. The maximum Gasteiger partial charge on any atom is 0.233 e. The zero-order valence-electron chi connectivity index (χ0n) is 13.9. The van der Waals surface area contributed by atoms with Crippen LogP contribution in [-0.4, -0.2) is 27.9 Å². The Morgan fingerprint density at radius 3 is 3.04 bits per heavy atom.